The van der Waals surface area contributed by atoms with Gasteiger partial charge in [-0.3, -0.25) is 0 Å². The molecule has 18 heavy (non-hydrogen) atoms. The van der Waals surface area contributed by atoms with E-state index in [-0.39, 0.29) is 15.7 Å². The summed E-state index contributed by atoms with van der Waals surface area (Å²) in [5.74, 6) is -0.710. The molecule has 0 aliphatic rings. The predicted octanol–water partition coefficient (Wildman–Crippen LogP) is 5.41. The molecule has 0 amide bonds. The minimum Gasteiger partial charge on any atom is -0.207 e. The lowest BCUT2D eigenvalue weighted by Crippen LogP contribution is -1.95. The Balaban J connectivity index is 2.37. The summed E-state index contributed by atoms with van der Waals surface area (Å²) in [6.45, 7) is 1.70. The van der Waals surface area contributed by atoms with Gasteiger partial charge in [-0.15, -0.1) is 0 Å². The number of hydrogen-bond acceptors (Lipinski definition) is 0. The third-order valence-corrected chi connectivity index (χ3v) is 4.07. The van der Waals surface area contributed by atoms with E-state index >= 15 is 0 Å². The van der Waals surface area contributed by atoms with Crippen molar-refractivity contribution in [3.63, 3.8) is 0 Å². The van der Waals surface area contributed by atoms with Crippen LogP contribution >= 0.6 is 27.5 Å². The van der Waals surface area contributed by atoms with Gasteiger partial charge in [-0.25, -0.2) is 8.78 Å². The molecule has 2 aromatic rings. The van der Waals surface area contributed by atoms with Gasteiger partial charge in [0.05, 0.1) is 9.85 Å². The van der Waals surface area contributed by atoms with Gasteiger partial charge in [0.15, 0.2) is 0 Å². The molecular formula is C14H10BrClF2. The Morgan fingerprint density at radius 3 is 2.22 bits per heavy atom. The van der Waals surface area contributed by atoms with Gasteiger partial charge in [0, 0.05) is 0 Å². The third-order valence-electron chi connectivity index (χ3n) is 2.71. The van der Waals surface area contributed by atoms with Crippen molar-refractivity contribution in [3.8, 4) is 0 Å². The molecule has 0 saturated carbocycles. The molecule has 0 radical (unpaired) electrons. The van der Waals surface area contributed by atoms with Gasteiger partial charge in [-0.05, 0) is 41.8 Å². The molecule has 0 heterocycles. The molecule has 0 nitrogen and oxygen atoms in total. The fraction of sp³-hybridized carbons (Fsp3) is 0.143. The molecule has 1 unspecified atom stereocenters. The van der Waals surface area contributed by atoms with Crippen LogP contribution in [0.1, 0.15) is 21.5 Å². The van der Waals surface area contributed by atoms with E-state index in [0.29, 0.717) is 5.56 Å². The highest BCUT2D eigenvalue weighted by molar-refractivity contribution is 9.09. The Hall–Kier alpha value is -0.930. The van der Waals surface area contributed by atoms with Crippen LogP contribution in [0.25, 0.3) is 0 Å². The van der Waals surface area contributed by atoms with Crippen molar-refractivity contribution in [2.45, 2.75) is 11.8 Å². The first-order chi connectivity index (χ1) is 8.49. The molecule has 0 aromatic heterocycles. The summed E-state index contributed by atoms with van der Waals surface area (Å²) >= 11 is 9.12. The Kier molecular flexibility index (Phi) is 4.03. The van der Waals surface area contributed by atoms with Crippen molar-refractivity contribution in [1.82, 2.24) is 0 Å². The molecule has 2 rings (SSSR count). The second-order valence-corrected chi connectivity index (χ2v) is 5.37. The van der Waals surface area contributed by atoms with Crippen LogP contribution in [0.5, 0.6) is 0 Å². The largest absolute Gasteiger partial charge is 0.207 e. The van der Waals surface area contributed by atoms with Gasteiger partial charge < -0.3 is 0 Å². The number of benzene rings is 2. The van der Waals surface area contributed by atoms with Crippen molar-refractivity contribution in [2.75, 3.05) is 0 Å². The summed E-state index contributed by atoms with van der Waals surface area (Å²) in [6.07, 6.45) is 0. The number of hydrogen-bond donors (Lipinski definition) is 0. The molecule has 94 valence electrons. The van der Waals surface area contributed by atoms with Crippen LogP contribution < -0.4 is 0 Å². The molecule has 0 spiro atoms. The van der Waals surface area contributed by atoms with Gasteiger partial charge >= 0.3 is 0 Å². The topological polar surface area (TPSA) is 0 Å². The maximum atomic E-state index is 13.4. The highest BCUT2D eigenvalue weighted by Gasteiger charge is 2.13. The number of alkyl halides is 1. The van der Waals surface area contributed by atoms with Gasteiger partial charge in [0.2, 0.25) is 0 Å². The lowest BCUT2D eigenvalue weighted by Gasteiger charge is -2.12. The Labute approximate surface area is 118 Å². The zero-order valence-corrected chi connectivity index (χ0v) is 11.9. The zero-order valence-electron chi connectivity index (χ0n) is 9.55. The summed E-state index contributed by atoms with van der Waals surface area (Å²) in [5.41, 5.74) is 2.17. The van der Waals surface area contributed by atoms with Crippen molar-refractivity contribution in [1.29, 1.82) is 0 Å². The maximum Gasteiger partial charge on any atom is 0.142 e. The first kappa shape index (κ1) is 13.5. The third kappa shape index (κ3) is 2.73. The summed E-state index contributed by atoms with van der Waals surface area (Å²) in [5, 5.41) is 0.0914. The first-order valence-corrected chi connectivity index (χ1v) is 6.63. The Morgan fingerprint density at radius 2 is 1.61 bits per heavy atom. The fourth-order valence-corrected chi connectivity index (χ4v) is 2.38. The maximum absolute atomic E-state index is 13.4. The van der Waals surface area contributed by atoms with E-state index < -0.39 is 5.82 Å². The van der Waals surface area contributed by atoms with E-state index in [0.717, 1.165) is 11.1 Å². The van der Waals surface area contributed by atoms with Crippen LogP contribution in [-0.2, 0) is 0 Å². The van der Waals surface area contributed by atoms with Gasteiger partial charge in [-0.1, -0.05) is 45.7 Å². The number of halogens is 4. The molecule has 4 heteroatoms. The van der Waals surface area contributed by atoms with Crippen LogP contribution in [0.2, 0.25) is 5.02 Å². The average molecular weight is 332 g/mol. The van der Waals surface area contributed by atoms with Gasteiger partial charge in [0.25, 0.3) is 0 Å². The monoisotopic (exact) mass is 330 g/mol. The molecule has 0 aliphatic carbocycles. The zero-order chi connectivity index (χ0) is 13.3. The molecule has 0 N–H and O–H groups in total. The standard InChI is InChI=1S/C14H10BrClF2/c1-8-6-9(3-5-12(8)17)14(15)10-2-4-11(16)13(18)7-10/h2-7,14H,1H3. The summed E-state index contributed by atoms with van der Waals surface area (Å²) in [6, 6.07) is 9.45. The van der Waals surface area contributed by atoms with Crippen LogP contribution in [0.3, 0.4) is 0 Å². The van der Waals surface area contributed by atoms with E-state index in [1.807, 2.05) is 0 Å². The molecule has 1 atom stereocenters. The number of rotatable bonds is 2. The van der Waals surface area contributed by atoms with Gasteiger partial charge in [0.1, 0.15) is 11.6 Å². The minimum absolute atomic E-state index is 0.0914. The highest BCUT2D eigenvalue weighted by Crippen LogP contribution is 2.33. The quantitative estimate of drug-likeness (QED) is 0.645. The van der Waals surface area contributed by atoms with E-state index in [9.17, 15) is 8.78 Å². The van der Waals surface area contributed by atoms with Crippen molar-refractivity contribution >= 4 is 27.5 Å². The number of aryl methyl sites for hydroxylation is 1. The van der Waals surface area contributed by atoms with Crippen molar-refractivity contribution in [3.05, 3.63) is 69.7 Å². The first-order valence-electron chi connectivity index (χ1n) is 5.34. The smallest absolute Gasteiger partial charge is 0.142 e. The second-order valence-electron chi connectivity index (χ2n) is 4.04. The van der Waals surface area contributed by atoms with Crippen LogP contribution in [0, 0.1) is 18.6 Å². The Morgan fingerprint density at radius 1 is 1.00 bits per heavy atom. The van der Waals surface area contributed by atoms with E-state index in [1.54, 1.807) is 25.1 Å². The van der Waals surface area contributed by atoms with Crippen LogP contribution in [0.4, 0.5) is 8.78 Å². The predicted molar refractivity (Wildman–Crippen MR) is 73.3 cm³/mol. The van der Waals surface area contributed by atoms with Crippen molar-refractivity contribution in [2.24, 2.45) is 0 Å². The van der Waals surface area contributed by atoms with E-state index in [2.05, 4.69) is 15.9 Å². The molecule has 0 aliphatic heterocycles. The molecule has 0 fully saturated rings. The summed E-state index contributed by atoms with van der Waals surface area (Å²) in [4.78, 5) is -0.191. The minimum atomic E-state index is -0.461. The SMILES string of the molecule is Cc1cc(C(Br)c2ccc(Cl)c(F)c2)ccc1F. The van der Waals surface area contributed by atoms with Crippen molar-refractivity contribution < 1.29 is 8.78 Å². The molecule has 2 aromatic carbocycles. The fourth-order valence-electron chi connectivity index (χ4n) is 1.69. The van der Waals surface area contributed by atoms with E-state index in [1.165, 1.54) is 18.2 Å². The Bertz CT molecular complexity index is 533. The second kappa shape index (κ2) is 5.37. The lowest BCUT2D eigenvalue weighted by molar-refractivity contribution is 0.617. The normalized spacial score (nSPS) is 12.5. The van der Waals surface area contributed by atoms with Crippen LogP contribution in [-0.4, -0.2) is 0 Å². The average Bonchev–Trinajstić information content (AvgIpc) is 2.35. The van der Waals surface area contributed by atoms with Crippen LogP contribution in [0.15, 0.2) is 36.4 Å². The molecular weight excluding hydrogens is 322 g/mol. The summed E-state index contributed by atoms with van der Waals surface area (Å²) < 4.78 is 26.6. The highest BCUT2D eigenvalue weighted by atomic mass is 79.9. The summed E-state index contributed by atoms with van der Waals surface area (Å²) in [7, 11) is 0. The molecule has 0 saturated heterocycles. The van der Waals surface area contributed by atoms with Gasteiger partial charge in [-0.2, -0.15) is 0 Å². The van der Waals surface area contributed by atoms with E-state index in [4.69, 9.17) is 11.6 Å². The molecule has 0 bridgehead atoms. The lowest BCUT2D eigenvalue weighted by atomic mass is 10.0.